The number of rotatable bonds is 3. The van der Waals surface area contributed by atoms with E-state index in [9.17, 15) is 18.0 Å². The molecule has 25 heavy (non-hydrogen) atoms. The number of hydrogen-bond acceptors (Lipinski definition) is 3. The molecule has 2 aromatic rings. The summed E-state index contributed by atoms with van der Waals surface area (Å²) in [6.07, 6.45) is -3.44. The number of anilines is 1. The van der Waals surface area contributed by atoms with Crippen molar-refractivity contribution in [3.05, 3.63) is 70.8 Å². The smallest absolute Gasteiger partial charge is 0.321 e. The Labute approximate surface area is 141 Å². The number of nitrogens with zero attached hydrogens (tertiary/aromatic N) is 2. The van der Waals surface area contributed by atoms with Gasteiger partial charge in [0.15, 0.2) is 0 Å². The topological polar surface area (TPSA) is 76.7 Å². The second-order valence-electron chi connectivity index (χ2n) is 4.90. The largest absolute Gasteiger partial charge is 0.418 e. The van der Waals surface area contributed by atoms with Gasteiger partial charge < -0.3 is 5.32 Å². The van der Waals surface area contributed by atoms with Gasteiger partial charge in [0.05, 0.1) is 22.9 Å². The van der Waals surface area contributed by atoms with E-state index in [-0.39, 0.29) is 5.57 Å². The van der Waals surface area contributed by atoms with Gasteiger partial charge in [-0.1, -0.05) is 24.3 Å². The zero-order chi connectivity index (χ0) is 18.4. The molecule has 7 heteroatoms. The summed E-state index contributed by atoms with van der Waals surface area (Å²) in [6.45, 7) is 0. The fourth-order valence-electron chi connectivity index (χ4n) is 2.04. The summed E-state index contributed by atoms with van der Waals surface area (Å²) in [5, 5.41) is 20.1. The van der Waals surface area contributed by atoms with Gasteiger partial charge in [-0.3, -0.25) is 4.79 Å². The van der Waals surface area contributed by atoms with Crippen LogP contribution >= 0.6 is 0 Å². The number of hydrogen-bond donors (Lipinski definition) is 1. The van der Waals surface area contributed by atoms with Gasteiger partial charge in [-0.2, -0.15) is 23.7 Å². The lowest BCUT2D eigenvalue weighted by atomic mass is 10.1. The monoisotopic (exact) mass is 341 g/mol. The Morgan fingerprint density at radius 1 is 1.08 bits per heavy atom. The van der Waals surface area contributed by atoms with Crippen molar-refractivity contribution in [2.45, 2.75) is 6.18 Å². The van der Waals surface area contributed by atoms with E-state index in [0.717, 1.165) is 12.1 Å². The van der Waals surface area contributed by atoms with Gasteiger partial charge in [0.25, 0.3) is 5.91 Å². The van der Waals surface area contributed by atoms with E-state index in [1.165, 1.54) is 24.3 Å². The molecule has 1 amide bonds. The zero-order valence-electron chi connectivity index (χ0n) is 12.6. The number of amides is 1. The molecule has 0 aliphatic rings. The molecule has 0 atom stereocenters. The van der Waals surface area contributed by atoms with Crippen LogP contribution in [0.15, 0.2) is 54.1 Å². The van der Waals surface area contributed by atoms with Crippen molar-refractivity contribution in [2.75, 3.05) is 5.32 Å². The third-order valence-electron chi connectivity index (χ3n) is 3.17. The number of carbonyl (C=O) groups excluding carboxylic acids is 1. The number of halogens is 3. The summed E-state index contributed by atoms with van der Waals surface area (Å²) in [6, 6.07) is 14.2. The van der Waals surface area contributed by atoms with Crippen LogP contribution in [0, 0.1) is 22.7 Å². The Balaban J connectivity index is 2.32. The molecule has 0 aliphatic carbocycles. The molecule has 0 unspecified atom stereocenters. The van der Waals surface area contributed by atoms with E-state index in [0.29, 0.717) is 11.1 Å². The number of para-hydroxylation sites is 1. The van der Waals surface area contributed by atoms with Gasteiger partial charge >= 0.3 is 6.18 Å². The predicted octanol–water partition coefficient (Wildman–Crippen LogP) is 4.12. The Morgan fingerprint density at radius 2 is 1.80 bits per heavy atom. The lowest BCUT2D eigenvalue weighted by molar-refractivity contribution is -0.137. The van der Waals surface area contributed by atoms with Crippen molar-refractivity contribution in [1.82, 2.24) is 0 Å². The lowest BCUT2D eigenvalue weighted by Gasteiger charge is -2.13. The SMILES string of the molecule is N#C/C(=C\c1cccc(C#N)c1)C(=O)Nc1ccccc1C(F)(F)F. The van der Waals surface area contributed by atoms with Gasteiger partial charge in [0, 0.05) is 0 Å². The maximum atomic E-state index is 13.0. The molecule has 2 aromatic carbocycles. The van der Waals surface area contributed by atoms with E-state index < -0.39 is 23.3 Å². The van der Waals surface area contributed by atoms with Crippen LogP contribution in [0.5, 0.6) is 0 Å². The quantitative estimate of drug-likeness (QED) is 0.674. The summed E-state index contributed by atoms with van der Waals surface area (Å²) in [4.78, 5) is 12.1. The van der Waals surface area contributed by atoms with Crippen molar-refractivity contribution in [3.63, 3.8) is 0 Å². The molecule has 0 aliphatic heterocycles. The Morgan fingerprint density at radius 3 is 2.44 bits per heavy atom. The van der Waals surface area contributed by atoms with E-state index in [1.807, 2.05) is 6.07 Å². The molecule has 0 aromatic heterocycles. The highest BCUT2D eigenvalue weighted by molar-refractivity contribution is 6.10. The average Bonchev–Trinajstić information content (AvgIpc) is 2.59. The maximum Gasteiger partial charge on any atom is 0.418 e. The second kappa shape index (κ2) is 7.33. The van der Waals surface area contributed by atoms with Crippen LogP contribution < -0.4 is 5.32 Å². The average molecular weight is 341 g/mol. The third-order valence-corrected chi connectivity index (χ3v) is 3.17. The highest BCUT2D eigenvalue weighted by atomic mass is 19.4. The fraction of sp³-hybridized carbons (Fsp3) is 0.0556. The number of nitrogens with one attached hydrogen (secondary N) is 1. The molecule has 0 saturated carbocycles. The molecule has 1 N–H and O–H groups in total. The predicted molar refractivity (Wildman–Crippen MR) is 84.8 cm³/mol. The molecule has 0 fully saturated rings. The van der Waals surface area contributed by atoms with Crippen LogP contribution in [-0.4, -0.2) is 5.91 Å². The zero-order valence-corrected chi connectivity index (χ0v) is 12.6. The van der Waals surface area contributed by atoms with Crippen molar-refractivity contribution < 1.29 is 18.0 Å². The highest BCUT2D eigenvalue weighted by Gasteiger charge is 2.33. The minimum Gasteiger partial charge on any atom is -0.321 e. The third kappa shape index (κ3) is 4.46. The Kier molecular flexibility index (Phi) is 5.21. The molecule has 0 radical (unpaired) electrons. The Bertz CT molecular complexity index is 918. The van der Waals surface area contributed by atoms with Crippen LogP contribution in [0.25, 0.3) is 6.08 Å². The van der Waals surface area contributed by atoms with Crippen LogP contribution in [0.1, 0.15) is 16.7 Å². The van der Waals surface area contributed by atoms with Crippen molar-refractivity contribution >= 4 is 17.7 Å². The van der Waals surface area contributed by atoms with Gasteiger partial charge in [0.1, 0.15) is 11.6 Å². The minimum absolute atomic E-state index is 0.328. The first-order valence-corrected chi connectivity index (χ1v) is 6.94. The summed E-state index contributed by atoms with van der Waals surface area (Å²) >= 11 is 0. The van der Waals surface area contributed by atoms with Gasteiger partial charge in [0.2, 0.25) is 0 Å². The minimum atomic E-state index is -4.64. The van der Waals surface area contributed by atoms with Crippen LogP contribution in [0.4, 0.5) is 18.9 Å². The Hall–Kier alpha value is -3.58. The molecule has 0 saturated heterocycles. The number of nitriles is 2. The lowest BCUT2D eigenvalue weighted by Crippen LogP contribution is -2.17. The van der Waals surface area contributed by atoms with Crippen molar-refractivity contribution in [2.24, 2.45) is 0 Å². The van der Waals surface area contributed by atoms with E-state index in [4.69, 9.17) is 10.5 Å². The maximum absolute atomic E-state index is 13.0. The van der Waals surface area contributed by atoms with E-state index in [1.54, 1.807) is 24.3 Å². The number of alkyl halides is 3. The number of carbonyl (C=O) groups is 1. The molecular weight excluding hydrogens is 331 g/mol. The highest BCUT2D eigenvalue weighted by Crippen LogP contribution is 2.34. The summed E-state index contributed by atoms with van der Waals surface area (Å²) in [7, 11) is 0. The summed E-state index contributed by atoms with van der Waals surface area (Å²) in [5.74, 6) is -0.971. The van der Waals surface area contributed by atoms with Crippen molar-refractivity contribution in [3.8, 4) is 12.1 Å². The van der Waals surface area contributed by atoms with E-state index >= 15 is 0 Å². The van der Waals surface area contributed by atoms with Crippen LogP contribution in [-0.2, 0) is 11.0 Å². The standard InChI is InChI=1S/C18H10F3N3O/c19-18(20,21)15-6-1-2-7-16(15)24-17(25)14(11-23)9-12-4-3-5-13(8-12)10-22/h1-9H,(H,24,25)/b14-9+. The van der Waals surface area contributed by atoms with Gasteiger partial charge in [-0.15, -0.1) is 0 Å². The number of benzene rings is 2. The van der Waals surface area contributed by atoms with E-state index in [2.05, 4.69) is 5.32 Å². The first-order valence-electron chi connectivity index (χ1n) is 6.94. The summed E-state index contributed by atoms with van der Waals surface area (Å²) in [5.41, 5.74) is -1.09. The summed E-state index contributed by atoms with van der Waals surface area (Å²) < 4.78 is 38.9. The molecular formula is C18H10F3N3O. The first-order chi connectivity index (χ1) is 11.8. The van der Waals surface area contributed by atoms with Crippen LogP contribution in [0.2, 0.25) is 0 Å². The second-order valence-corrected chi connectivity index (χ2v) is 4.90. The normalized spacial score (nSPS) is 11.3. The molecule has 0 spiro atoms. The molecule has 4 nitrogen and oxygen atoms in total. The van der Waals surface area contributed by atoms with Gasteiger partial charge in [-0.25, -0.2) is 0 Å². The molecule has 2 rings (SSSR count). The van der Waals surface area contributed by atoms with Crippen molar-refractivity contribution in [1.29, 1.82) is 10.5 Å². The van der Waals surface area contributed by atoms with Crippen LogP contribution in [0.3, 0.4) is 0 Å². The fourth-order valence-corrected chi connectivity index (χ4v) is 2.04. The molecule has 124 valence electrons. The van der Waals surface area contributed by atoms with Gasteiger partial charge in [-0.05, 0) is 35.9 Å². The molecule has 0 bridgehead atoms. The molecule has 0 heterocycles. The first kappa shape index (κ1) is 17.8.